The van der Waals surface area contributed by atoms with E-state index in [4.69, 9.17) is 18.9 Å². The van der Waals surface area contributed by atoms with Gasteiger partial charge in [0.25, 0.3) is 8.32 Å². The number of likely N-dealkylation sites (tertiary alicyclic amines) is 1. The highest BCUT2D eigenvalue weighted by Crippen LogP contribution is 2.43. The maximum atomic E-state index is 13.9. The smallest absolute Gasteiger partial charge is 0.443 e. The largest absolute Gasteiger partial charge is 0.488 e. The van der Waals surface area contributed by atoms with Gasteiger partial charge in [-0.15, -0.1) is 0 Å². The molecule has 14 heteroatoms. The highest BCUT2D eigenvalue weighted by molar-refractivity contribution is 6.99. The monoisotopic (exact) mass is 830 g/mol. The average Bonchev–Trinajstić information content (AvgIpc) is 3.89. The second-order valence-corrected chi connectivity index (χ2v) is 23.3. The molecule has 60 heavy (non-hydrogen) atoms. The number of aromatic nitrogens is 4. The summed E-state index contributed by atoms with van der Waals surface area (Å²) in [5.74, 6) is 0.193. The first-order chi connectivity index (χ1) is 28.5. The number of piperidine rings is 1. The first kappa shape index (κ1) is 42.3. The lowest BCUT2D eigenvalue weighted by atomic mass is 9.71. The normalized spacial score (nSPS) is 20.7. The molecule has 1 aliphatic carbocycles. The number of carbonyl (C=O) groups excluding carboxylic acids is 1. The molecule has 3 fully saturated rings. The lowest BCUT2D eigenvalue weighted by Crippen LogP contribution is -2.70. The number of ether oxygens (including phenoxy) is 2. The first-order valence-corrected chi connectivity index (χ1v) is 23.3. The van der Waals surface area contributed by atoms with Crippen molar-refractivity contribution in [2.24, 2.45) is 0 Å². The van der Waals surface area contributed by atoms with Crippen molar-refractivity contribution in [1.82, 2.24) is 24.6 Å². The Balaban J connectivity index is 1.08. The number of rotatable bonds is 10. The van der Waals surface area contributed by atoms with Gasteiger partial charge in [-0.25, -0.2) is 19.7 Å². The van der Waals surface area contributed by atoms with Crippen molar-refractivity contribution in [3.05, 3.63) is 96.4 Å². The molecule has 3 aliphatic rings. The molecule has 12 nitrogen and oxygen atoms in total. The molecule has 2 aromatic heterocycles. The van der Waals surface area contributed by atoms with E-state index >= 15 is 0 Å². The van der Waals surface area contributed by atoms with Crippen molar-refractivity contribution in [3.8, 4) is 0 Å². The van der Waals surface area contributed by atoms with Crippen LogP contribution in [0.2, 0.25) is 5.04 Å². The third-order valence-electron chi connectivity index (χ3n) is 12.7. The summed E-state index contributed by atoms with van der Waals surface area (Å²) in [5.41, 5.74) is 2.13. The molecule has 2 saturated heterocycles. The van der Waals surface area contributed by atoms with Crippen LogP contribution in [-0.4, -0.2) is 99.8 Å². The van der Waals surface area contributed by atoms with E-state index in [0.717, 1.165) is 50.0 Å². The van der Waals surface area contributed by atoms with Gasteiger partial charge in [0.1, 0.15) is 5.60 Å². The Hall–Kier alpha value is -4.44. The number of anilines is 2. The molecule has 5 aromatic rings. The number of carbonyl (C=O) groups is 1. The third-order valence-corrected chi connectivity index (χ3v) is 17.8. The van der Waals surface area contributed by atoms with Crippen molar-refractivity contribution in [1.29, 1.82) is 0 Å². The number of hydrogen-bond donors (Lipinski definition) is 2. The Morgan fingerprint density at radius 2 is 1.57 bits per heavy atom. The molecule has 2 atom stereocenters. The number of amides is 1. The van der Waals surface area contributed by atoms with Crippen molar-refractivity contribution in [2.45, 2.75) is 115 Å². The second-order valence-electron chi connectivity index (χ2n) is 19.1. The van der Waals surface area contributed by atoms with Crippen molar-refractivity contribution >= 4 is 59.9 Å². The van der Waals surface area contributed by atoms with Gasteiger partial charge >= 0.3 is 13.2 Å². The number of benzene rings is 3. The lowest BCUT2D eigenvalue weighted by molar-refractivity contribution is 0.00487. The third kappa shape index (κ3) is 7.93. The molecule has 8 rings (SSSR count). The van der Waals surface area contributed by atoms with Crippen LogP contribution in [0.1, 0.15) is 97.4 Å². The average molecular weight is 831 g/mol. The molecular weight excluding hydrogens is 771 g/mol. The zero-order chi connectivity index (χ0) is 42.6. The quantitative estimate of drug-likeness (QED) is 0.158. The number of hydrogen-bond acceptors (Lipinski definition) is 10. The van der Waals surface area contributed by atoms with Crippen molar-refractivity contribution < 1.29 is 28.7 Å². The Morgan fingerprint density at radius 3 is 2.13 bits per heavy atom. The predicted molar refractivity (Wildman–Crippen MR) is 238 cm³/mol. The van der Waals surface area contributed by atoms with Crippen LogP contribution in [0.5, 0.6) is 0 Å². The summed E-state index contributed by atoms with van der Waals surface area (Å²) in [6, 6.07) is 25.5. The summed E-state index contributed by atoms with van der Waals surface area (Å²) in [6.07, 6.45) is 6.20. The molecule has 1 amide bonds. The van der Waals surface area contributed by atoms with Gasteiger partial charge in [0.2, 0.25) is 5.95 Å². The molecule has 2 aliphatic heterocycles. The van der Waals surface area contributed by atoms with E-state index in [0.29, 0.717) is 41.3 Å². The van der Waals surface area contributed by atoms with Gasteiger partial charge in [0, 0.05) is 11.6 Å². The minimum absolute atomic E-state index is 0.0313. The van der Waals surface area contributed by atoms with Crippen molar-refractivity contribution in [2.75, 3.05) is 31.2 Å². The summed E-state index contributed by atoms with van der Waals surface area (Å²) in [6.45, 7) is 19.2. The van der Waals surface area contributed by atoms with E-state index in [1.807, 2.05) is 38.4 Å². The first-order valence-electron chi connectivity index (χ1n) is 21.4. The standard InChI is InChI=1S/C46H59BN6O6Si/c1-31-40(28-49-53(31)34-19-20-34)52(43(54)58-44(2,3)4)42-48-27-33-25-38(47(55)56)37(26-39(33)50-42)32-21-23-51(24-22-32)46(8)30-57-29-41(46)59-60(45(5,6)7,35-15-11-9-12-16-35)36-17-13-10-14-18-36/h9-18,25-28,32,34,41,55-56H,19-24,29-30H2,1-8H3. The number of fused-ring (bicyclic) bond motifs is 1. The van der Waals surface area contributed by atoms with Crippen LogP contribution in [0.15, 0.2) is 85.2 Å². The molecule has 2 unspecified atom stereocenters. The molecule has 316 valence electrons. The fourth-order valence-corrected chi connectivity index (χ4v) is 14.2. The second kappa shape index (κ2) is 16.1. The molecular formula is C46H59BN6O6Si. The summed E-state index contributed by atoms with van der Waals surface area (Å²) in [7, 11) is -4.53. The predicted octanol–water partition coefficient (Wildman–Crippen LogP) is 6.14. The highest BCUT2D eigenvalue weighted by atomic mass is 28.4. The van der Waals surface area contributed by atoms with Gasteiger partial charge < -0.3 is 23.9 Å². The highest BCUT2D eigenvalue weighted by Gasteiger charge is 2.56. The van der Waals surface area contributed by atoms with E-state index in [-0.39, 0.29) is 28.5 Å². The van der Waals surface area contributed by atoms with E-state index in [1.54, 1.807) is 18.5 Å². The van der Waals surface area contributed by atoms with Crippen molar-refractivity contribution in [3.63, 3.8) is 0 Å². The van der Waals surface area contributed by atoms with Gasteiger partial charge in [0.15, 0.2) is 0 Å². The van der Waals surface area contributed by atoms with E-state index in [9.17, 15) is 14.8 Å². The van der Waals surface area contributed by atoms with Crippen LogP contribution in [0.3, 0.4) is 0 Å². The summed E-state index contributed by atoms with van der Waals surface area (Å²) in [4.78, 5) is 27.4. The van der Waals surface area contributed by atoms with Crippen LogP contribution >= 0.6 is 0 Å². The fraction of sp³-hybridized carbons (Fsp3) is 0.478. The zero-order valence-corrected chi connectivity index (χ0v) is 37.3. The molecule has 0 radical (unpaired) electrons. The summed E-state index contributed by atoms with van der Waals surface area (Å²) in [5, 5.41) is 29.0. The molecule has 3 aromatic carbocycles. The lowest BCUT2D eigenvalue weighted by Gasteiger charge is -2.50. The Bertz CT molecular complexity index is 2280. The Kier molecular flexibility index (Phi) is 11.3. The van der Waals surface area contributed by atoms with E-state index in [2.05, 4.69) is 103 Å². The molecule has 4 heterocycles. The van der Waals surface area contributed by atoms with Gasteiger partial charge in [0.05, 0.1) is 54.0 Å². The number of nitrogens with zero attached hydrogens (tertiary/aromatic N) is 6. The maximum absolute atomic E-state index is 13.9. The van der Waals surface area contributed by atoms with Gasteiger partial charge in [-0.1, -0.05) is 87.5 Å². The van der Waals surface area contributed by atoms with Crippen LogP contribution < -0.4 is 20.7 Å². The molecule has 1 saturated carbocycles. The van der Waals surface area contributed by atoms with E-state index < -0.39 is 27.1 Å². The summed E-state index contributed by atoms with van der Waals surface area (Å²) < 4.78 is 21.8. The van der Waals surface area contributed by atoms with Crippen LogP contribution in [0, 0.1) is 6.92 Å². The van der Waals surface area contributed by atoms with Crippen LogP contribution in [-0.2, 0) is 13.9 Å². The van der Waals surface area contributed by atoms with Crippen LogP contribution in [0.4, 0.5) is 16.4 Å². The van der Waals surface area contributed by atoms with Crippen LogP contribution in [0.25, 0.3) is 10.9 Å². The SMILES string of the molecule is Cc1c(N(C(=O)OC(C)(C)C)c2ncc3cc(B(O)O)c(C4CCN(C5(C)COCC5O[Si](c5ccccc5)(c5ccccc5)C(C)(C)C)CC4)cc3n2)cnn1C1CC1. The summed E-state index contributed by atoms with van der Waals surface area (Å²) >= 11 is 0. The molecule has 2 N–H and O–H groups in total. The maximum Gasteiger partial charge on any atom is 0.488 e. The minimum Gasteiger partial charge on any atom is -0.443 e. The van der Waals surface area contributed by atoms with Gasteiger partial charge in [-0.3, -0.25) is 9.58 Å². The Labute approximate surface area is 355 Å². The minimum atomic E-state index is -2.85. The van der Waals surface area contributed by atoms with E-state index in [1.165, 1.54) is 15.3 Å². The van der Waals surface area contributed by atoms with Gasteiger partial charge in [-0.05, 0) is 112 Å². The molecule has 0 spiro atoms. The Morgan fingerprint density at radius 1 is 0.933 bits per heavy atom. The topological polar surface area (TPSA) is 135 Å². The van der Waals surface area contributed by atoms with Gasteiger partial charge in [-0.2, -0.15) is 5.10 Å². The molecule has 0 bridgehead atoms. The fourth-order valence-electron chi connectivity index (χ4n) is 9.41. The zero-order valence-electron chi connectivity index (χ0n) is 36.3.